The third-order valence-electron chi connectivity index (χ3n) is 4.15. The standard InChI is InChI=1S/C15H26BrN3O/c1-4-12-14(16)13(19(3)18-12)10-15(2,20)9-11-7-5-6-8-17-11/h11,17,20H,4-10H2,1-3H3. The second kappa shape index (κ2) is 6.58. The van der Waals surface area contributed by atoms with Crippen LogP contribution in [0.25, 0.3) is 0 Å². The van der Waals surface area contributed by atoms with Gasteiger partial charge in [0.1, 0.15) is 0 Å². The molecule has 4 nitrogen and oxygen atoms in total. The number of nitrogens with one attached hydrogen (secondary N) is 1. The van der Waals surface area contributed by atoms with Crippen molar-refractivity contribution in [2.75, 3.05) is 6.54 Å². The van der Waals surface area contributed by atoms with E-state index in [-0.39, 0.29) is 0 Å². The first-order chi connectivity index (χ1) is 9.43. The highest BCUT2D eigenvalue weighted by Crippen LogP contribution is 2.28. The van der Waals surface area contributed by atoms with Gasteiger partial charge in [-0.05, 0) is 55.1 Å². The third kappa shape index (κ3) is 3.83. The van der Waals surface area contributed by atoms with E-state index in [2.05, 4.69) is 33.3 Å². The molecule has 114 valence electrons. The van der Waals surface area contributed by atoms with E-state index < -0.39 is 5.60 Å². The number of aromatic nitrogens is 2. The summed E-state index contributed by atoms with van der Waals surface area (Å²) in [4.78, 5) is 0. The van der Waals surface area contributed by atoms with Crippen LogP contribution in [0.2, 0.25) is 0 Å². The highest BCUT2D eigenvalue weighted by Gasteiger charge is 2.29. The van der Waals surface area contributed by atoms with Crippen molar-refractivity contribution in [1.82, 2.24) is 15.1 Å². The van der Waals surface area contributed by atoms with Crippen molar-refractivity contribution in [2.45, 2.75) is 64.0 Å². The molecule has 1 aliphatic rings. The van der Waals surface area contributed by atoms with E-state index in [0.717, 1.165) is 35.2 Å². The SMILES string of the molecule is CCc1nn(C)c(CC(C)(O)CC2CCCCN2)c1Br. The lowest BCUT2D eigenvalue weighted by molar-refractivity contribution is 0.0353. The van der Waals surface area contributed by atoms with Crippen molar-refractivity contribution in [1.29, 1.82) is 0 Å². The molecule has 1 aromatic rings. The highest BCUT2D eigenvalue weighted by atomic mass is 79.9. The molecule has 2 unspecified atom stereocenters. The molecule has 0 amide bonds. The Bertz CT molecular complexity index is 450. The Morgan fingerprint density at radius 2 is 2.25 bits per heavy atom. The number of hydrogen-bond acceptors (Lipinski definition) is 3. The fourth-order valence-corrected chi connectivity index (χ4v) is 3.83. The zero-order valence-corrected chi connectivity index (χ0v) is 14.3. The number of aliphatic hydroxyl groups is 1. The first-order valence-corrected chi connectivity index (χ1v) is 8.38. The molecule has 0 aromatic carbocycles. The maximum absolute atomic E-state index is 10.7. The molecule has 20 heavy (non-hydrogen) atoms. The van der Waals surface area contributed by atoms with E-state index >= 15 is 0 Å². The molecular formula is C15H26BrN3O. The highest BCUT2D eigenvalue weighted by molar-refractivity contribution is 9.10. The molecule has 2 heterocycles. The van der Waals surface area contributed by atoms with Crippen LogP contribution in [-0.2, 0) is 19.9 Å². The molecular weight excluding hydrogens is 318 g/mol. The summed E-state index contributed by atoms with van der Waals surface area (Å²) in [5, 5.41) is 18.8. The molecule has 2 atom stereocenters. The normalized spacial score (nSPS) is 22.8. The molecule has 2 N–H and O–H groups in total. The number of halogens is 1. The van der Waals surface area contributed by atoms with Crippen molar-refractivity contribution in [3.63, 3.8) is 0 Å². The average molecular weight is 344 g/mol. The van der Waals surface area contributed by atoms with Gasteiger partial charge in [0.05, 0.1) is 21.5 Å². The molecule has 5 heteroatoms. The minimum absolute atomic E-state index is 0.441. The van der Waals surface area contributed by atoms with Gasteiger partial charge in [0, 0.05) is 19.5 Å². The molecule has 1 aliphatic heterocycles. The van der Waals surface area contributed by atoms with Crippen LogP contribution in [0.3, 0.4) is 0 Å². The van der Waals surface area contributed by atoms with Crippen molar-refractivity contribution in [3.8, 4) is 0 Å². The van der Waals surface area contributed by atoms with Gasteiger partial charge in [-0.3, -0.25) is 4.68 Å². The summed E-state index contributed by atoms with van der Waals surface area (Å²) in [5.41, 5.74) is 1.45. The summed E-state index contributed by atoms with van der Waals surface area (Å²) in [6, 6.07) is 0.441. The van der Waals surface area contributed by atoms with Crippen molar-refractivity contribution in [2.24, 2.45) is 7.05 Å². The molecule has 2 rings (SSSR count). The fourth-order valence-electron chi connectivity index (χ4n) is 3.07. The van der Waals surface area contributed by atoms with E-state index in [0.29, 0.717) is 12.5 Å². The van der Waals surface area contributed by atoms with Gasteiger partial charge < -0.3 is 10.4 Å². The van der Waals surface area contributed by atoms with Gasteiger partial charge in [0.2, 0.25) is 0 Å². The fraction of sp³-hybridized carbons (Fsp3) is 0.800. The molecule has 0 spiro atoms. The van der Waals surface area contributed by atoms with Gasteiger partial charge in [-0.15, -0.1) is 0 Å². The zero-order chi connectivity index (χ0) is 14.8. The van der Waals surface area contributed by atoms with Crippen molar-refractivity contribution >= 4 is 15.9 Å². The Morgan fingerprint density at radius 3 is 2.80 bits per heavy atom. The van der Waals surface area contributed by atoms with Crippen LogP contribution in [0, 0.1) is 0 Å². The van der Waals surface area contributed by atoms with Gasteiger partial charge in [0.15, 0.2) is 0 Å². The van der Waals surface area contributed by atoms with Crippen LogP contribution in [0.4, 0.5) is 0 Å². The Hall–Kier alpha value is -0.390. The number of hydrogen-bond donors (Lipinski definition) is 2. The lowest BCUT2D eigenvalue weighted by Gasteiger charge is -2.31. The lowest BCUT2D eigenvalue weighted by atomic mass is 9.88. The summed E-state index contributed by atoms with van der Waals surface area (Å²) in [5.74, 6) is 0. The van der Waals surface area contributed by atoms with Crippen LogP contribution in [-0.4, -0.2) is 33.1 Å². The van der Waals surface area contributed by atoms with Crippen LogP contribution < -0.4 is 5.32 Å². The smallest absolute Gasteiger partial charge is 0.0766 e. The molecule has 0 radical (unpaired) electrons. The van der Waals surface area contributed by atoms with E-state index in [1.807, 2.05) is 18.7 Å². The second-order valence-corrected chi connectivity index (χ2v) is 7.00. The van der Waals surface area contributed by atoms with Crippen LogP contribution in [0.1, 0.15) is 50.9 Å². The Kier molecular flexibility index (Phi) is 5.26. The molecule has 1 aromatic heterocycles. The number of piperidine rings is 1. The predicted molar refractivity (Wildman–Crippen MR) is 84.9 cm³/mol. The topological polar surface area (TPSA) is 50.1 Å². The third-order valence-corrected chi connectivity index (χ3v) is 5.07. The maximum atomic E-state index is 10.7. The maximum Gasteiger partial charge on any atom is 0.0766 e. The van der Waals surface area contributed by atoms with Crippen LogP contribution >= 0.6 is 15.9 Å². The summed E-state index contributed by atoms with van der Waals surface area (Å²) in [6.45, 7) is 5.12. The van der Waals surface area contributed by atoms with Gasteiger partial charge in [-0.25, -0.2) is 0 Å². The number of aryl methyl sites for hydroxylation is 2. The first kappa shape index (κ1) is 16.0. The summed E-state index contributed by atoms with van der Waals surface area (Å²) >= 11 is 3.63. The molecule has 0 aliphatic carbocycles. The van der Waals surface area contributed by atoms with Crippen molar-refractivity contribution < 1.29 is 5.11 Å². The summed E-state index contributed by atoms with van der Waals surface area (Å²) in [7, 11) is 1.95. The van der Waals surface area contributed by atoms with E-state index in [1.54, 1.807) is 0 Å². The minimum Gasteiger partial charge on any atom is -0.390 e. The lowest BCUT2D eigenvalue weighted by Crippen LogP contribution is -2.42. The summed E-state index contributed by atoms with van der Waals surface area (Å²) in [6.07, 6.45) is 6.03. The minimum atomic E-state index is -0.698. The van der Waals surface area contributed by atoms with Gasteiger partial charge >= 0.3 is 0 Å². The van der Waals surface area contributed by atoms with Crippen LogP contribution in [0.15, 0.2) is 4.47 Å². The molecule has 0 saturated carbocycles. The largest absolute Gasteiger partial charge is 0.390 e. The Labute approximate surface area is 130 Å². The van der Waals surface area contributed by atoms with Crippen molar-refractivity contribution in [3.05, 3.63) is 15.9 Å². The average Bonchev–Trinajstić information content (AvgIpc) is 2.66. The van der Waals surface area contributed by atoms with Gasteiger partial charge in [-0.1, -0.05) is 13.3 Å². The van der Waals surface area contributed by atoms with E-state index in [4.69, 9.17) is 0 Å². The van der Waals surface area contributed by atoms with Crippen LogP contribution in [0.5, 0.6) is 0 Å². The molecule has 1 saturated heterocycles. The molecule has 1 fully saturated rings. The molecule has 0 bridgehead atoms. The van der Waals surface area contributed by atoms with E-state index in [1.165, 1.54) is 19.3 Å². The number of rotatable bonds is 5. The second-order valence-electron chi connectivity index (χ2n) is 6.21. The Balaban J connectivity index is 2.05. The Morgan fingerprint density at radius 1 is 1.50 bits per heavy atom. The predicted octanol–water partition coefficient (Wildman–Crippen LogP) is 2.57. The van der Waals surface area contributed by atoms with Gasteiger partial charge in [0.25, 0.3) is 0 Å². The van der Waals surface area contributed by atoms with Gasteiger partial charge in [-0.2, -0.15) is 5.10 Å². The summed E-state index contributed by atoms with van der Waals surface area (Å²) < 4.78 is 2.95. The zero-order valence-electron chi connectivity index (χ0n) is 12.7. The number of nitrogens with zero attached hydrogens (tertiary/aromatic N) is 2. The van der Waals surface area contributed by atoms with E-state index in [9.17, 15) is 5.11 Å². The first-order valence-electron chi connectivity index (χ1n) is 7.59. The monoisotopic (exact) mass is 343 g/mol. The quantitative estimate of drug-likeness (QED) is 0.863.